The zero-order chi connectivity index (χ0) is 15.2. The number of amides is 3. The second kappa shape index (κ2) is 4.44. The van der Waals surface area contributed by atoms with E-state index < -0.39 is 29.1 Å². The van der Waals surface area contributed by atoms with Gasteiger partial charge in [0.1, 0.15) is 5.56 Å². The van der Waals surface area contributed by atoms with E-state index in [9.17, 15) is 24.3 Å². The van der Waals surface area contributed by atoms with Crippen molar-refractivity contribution in [1.82, 2.24) is 14.0 Å². The molecule has 0 fully saturated rings. The molecule has 9 heteroatoms. The molecule has 1 N–H and O–H groups in total. The third kappa shape index (κ3) is 1.83. The molecule has 2 heterocycles. The summed E-state index contributed by atoms with van der Waals surface area (Å²) in [5.74, 6) is -1.17. The van der Waals surface area contributed by atoms with E-state index in [4.69, 9.17) is 0 Å². The Labute approximate surface area is 112 Å². The molecule has 0 saturated carbocycles. The van der Waals surface area contributed by atoms with Gasteiger partial charge in [-0.2, -0.15) is 4.99 Å². The minimum atomic E-state index is -0.827. The molecule has 1 aromatic heterocycles. The zero-order valence-corrected chi connectivity index (χ0v) is 11.1. The first-order chi connectivity index (χ1) is 9.25. The van der Waals surface area contributed by atoms with Crippen LogP contribution in [0.1, 0.15) is 12.0 Å². The number of rotatable bonds is 1. The highest BCUT2D eigenvalue weighted by Crippen LogP contribution is 2.16. The second-order valence-electron chi connectivity index (χ2n) is 4.37. The van der Waals surface area contributed by atoms with Gasteiger partial charge in [-0.1, -0.05) is 0 Å². The number of imide groups is 1. The molecule has 2 rings (SSSR count). The van der Waals surface area contributed by atoms with Crippen molar-refractivity contribution >= 4 is 17.6 Å². The van der Waals surface area contributed by atoms with Gasteiger partial charge in [0.05, 0.1) is 12.1 Å². The molecule has 20 heavy (non-hydrogen) atoms. The van der Waals surface area contributed by atoms with Crippen LogP contribution in [0.5, 0.6) is 5.88 Å². The Morgan fingerprint density at radius 3 is 2.20 bits per heavy atom. The summed E-state index contributed by atoms with van der Waals surface area (Å²) in [6.07, 6.45) is -0.302. The highest BCUT2D eigenvalue weighted by molar-refractivity contribution is 6.20. The Bertz CT molecular complexity index is 770. The van der Waals surface area contributed by atoms with E-state index in [0.29, 0.717) is 0 Å². The largest absolute Gasteiger partial charge is 0.494 e. The van der Waals surface area contributed by atoms with Crippen LogP contribution in [0.3, 0.4) is 0 Å². The molecule has 0 unspecified atom stereocenters. The number of hydrogen-bond donors (Lipinski definition) is 1. The minimum Gasteiger partial charge on any atom is -0.494 e. The lowest BCUT2D eigenvalue weighted by Gasteiger charge is -2.20. The van der Waals surface area contributed by atoms with Crippen molar-refractivity contribution < 1.29 is 14.7 Å². The molecular formula is C11H12N4O5. The fourth-order valence-electron chi connectivity index (χ4n) is 1.83. The molecule has 3 amide bonds. The Balaban J connectivity index is 2.76. The third-order valence-electron chi connectivity index (χ3n) is 3.13. The first kappa shape index (κ1) is 13.7. The molecule has 1 aromatic rings. The van der Waals surface area contributed by atoms with E-state index >= 15 is 0 Å². The fourth-order valence-corrected chi connectivity index (χ4v) is 1.83. The van der Waals surface area contributed by atoms with E-state index in [1.54, 1.807) is 0 Å². The lowest BCUT2D eigenvalue weighted by molar-refractivity contribution is -0.126. The minimum absolute atomic E-state index is 0.146. The van der Waals surface area contributed by atoms with Gasteiger partial charge in [-0.3, -0.25) is 23.6 Å². The summed E-state index contributed by atoms with van der Waals surface area (Å²) in [5.41, 5.74) is -1.99. The number of carbonyl (C=O) groups is 2. The number of aromatic hydroxyl groups is 1. The van der Waals surface area contributed by atoms with Gasteiger partial charge < -0.3 is 5.11 Å². The van der Waals surface area contributed by atoms with Gasteiger partial charge in [0.2, 0.25) is 11.8 Å². The first-order valence-electron chi connectivity index (χ1n) is 5.63. The van der Waals surface area contributed by atoms with Crippen molar-refractivity contribution in [3.05, 3.63) is 26.4 Å². The summed E-state index contributed by atoms with van der Waals surface area (Å²) >= 11 is 0. The summed E-state index contributed by atoms with van der Waals surface area (Å²) in [5, 5.41) is 9.91. The van der Waals surface area contributed by atoms with Crippen LogP contribution in [0, 0.1) is 0 Å². The molecule has 0 aliphatic carbocycles. The van der Waals surface area contributed by atoms with Gasteiger partial charge in [0, 0.05) is 21.1 Å². The topological polar surface area (TPSA) is 114 Å². The molecular weight excluding hydrogens is 268 g/mol. The summed E-state index contributed by atoms with van der Waals surface area (Å²) in [6, 6.07) is -0.827. The summed E-state index contributed by atoms with van der Waals surface area (Å²) < 4.78 is 1.61. The molecule has 106 valence electrons. The fraction of sp³-hybridized carbons (Fsp3) is 0.364. The number of urea groups is 1. The third-order valence-corrected chi connectivity index (χ3v) is 3.13. The maximum Gasteiger partial charge on any atom is 0.350 e. The van der Waals surface area contributed by atoms with Gasteiger partial charge in [-0.05, 0) is 0 Å². The Morgan fingerprint density at radius 2 is 1.65 bits per heavy atom. The Hall–Kier alpha value is -2.71. The van der Waals surface area contributed by atoms with E-state index in [-0.39, 0.29) is 17.7 Å². The second-order valence-corrected chi connectivity index (χ2v) is 4.37. The zero-order valence-electron chi connectivity index (χ0n) is 11.1. The molecule has 0 aromatic carbocycles. The van der Waals surface area contributed by atoms with Crippen molar-refractivity contribution in [2.45, 2.75) is 6.42 Å². The van der Waals surface area contributed by atoms with Gasteiger partial charge in [-0.25, -0.2) is 9.59 Å². The highest BCUT2D eigenvalue weighted by Gasteiger charge is 2.29. The van der Waals surface area contributed by atoms with Crippen LogP contribution >= 0.6 is 0 Å². The monoisotopic (exact) mass is 280 g/mol. The smallest absolute Gasteiger partial charge is 0.350 e. The summed E-state index contributed by atoms with van der Waals surface area (Å²) in [6.45, 7) is 0. The van der Waals surface area contributed by atoms with Gasteiger partial charge in [0.25, 0.3) is 5.56 Å². The number of hydrogen-bond acceptors (Lipinski definition) is 5. The summed E-state index contributed by atoms with van der Waals surface area (Å²) in [7, 11) is 3.76. The first-order valence-corrected chi connectivity index (χ1v) is 5.63. The SMILES string of the molecule is CN1C(=O)CC(c2c(O)n(C)c(=O)n(C)c2=O)=NC1=O. The Morgan fingerprint density at radius 1 is 1.05 bits per heavy atom. The number of aromatic nitrogens is 2. The van der Waals surface area contributed by atoms with E-state index in [1.165, 1.54) is 21.1 Å². The molecule has 0 bridgehead atoms. The van der Waals surface area contributed by atoms with Crippen LogP contribution in [-0.4, -0.2) is 43.8 Å². The van der Waals surface area contributed by atoms with E-state index in [2.05, 4.69) is 4.99 Å². The predicted molar refractivity (Wildman–Crippen MR) is 67.9 cm³/mol. The van der Waals surface area contributed by atoms with Crippen LogP contribution in [0.15, 0.2) is 14.6 Å². The van der Waals surface area contributed by atoms with Crippen LogP contribution in [-0.2, 0) is 18.9 Å². The molecule has 9 nitrogen and oxygen atoms in total. The van der Waals surface area contributed by atoms with Crippen molar-refractivity contribution in [3.63, 3.8) is 0 Å². The average Bonchev–Trinajstić information content (AvgIpc) is 2.40. The van der Waals surface area contributed by atoms with E-state index in [0.717, 1.165) is 14.0 Å². The molecule has 1 aliphatic rings. The lowest BCUT2D eigenvalue weighted by atomic mass is 10.1. The predicted octanol–water partition coefficient (Wildman–Crippen LogP) is -1.44. The van der Waals surface area contributed by atoms with Gasteiger partial charge in [0.15, 0.2) is 0 Å². The lowest BCUT2D eigenvalue weighted by Crippen LogP contribution is -2.43. The van der Waals surface area contributed by atoms with E-state index in [1.807, 2.05) is 0 Å². The van der Waals surface area contributed by atoms with Crippen molar-refractivity contribution in [2.75, 3.05) is 7.05 Å². The molecule has 0 radical (unpaired) electrons. The van der Waals surface area contributed by atoms with Crippen molar-refractivity contribution in [3.8, 4) is 5.88 Å². The van der Waals surface area contributed by atoms with Crippen molar-refractivity contribution in [1.29, 1.82) is 0 Å². The van der Waals surface area contributed by atoms with Crippen LogP contribution in [0.25, 0.3) is 0 Å². The molecule has 0 atom stereocenters. The molecule has 0 spiro atoms. The van der Waals surface area contributed by atoms with Gasteiger partial charge >= 0.3 is 11.7 Å². The Kier molecular flexibility index (Phi) is 3.04. The van der Waals surface area contributed by atoms with Crippen LogP contribution < -0.4 is 11.2 Å². The van der Waals surface area contributed by atoms with Crippen molar-refractivity contribution in [2.24, 2.45) is 19.1 Å². The highest BCUT2D eigenvalue weighted by atomic mass is 16.3. The number of nitrogens with zero attached hydrogens (tertiary/aromatic N) is 4. The van der Waals surface area contributed by atoms with Gasteiger partial charge in [-0.15, -0.1) is 0 Å². The number of aliphatic imine (C=N–C) groups is 1. The molecule has 0 saturated heterocycles. The standard InChI is InChI=1S/C11H12N4O5/c1-13-6(16)4-5(12-10(13)19)7-8(17)14(2)11(20)15(3)9(7)18/h17H,4H2,1-3H3. The van der Waals surface area contributed by atoms with Crippen LogP contribution in [0.2, 0.25) is 0 Å². The maximum absolute atomic E-state index is 12.0. The number of carbonyl (C=O) groups excluding carboxylic acids is 2. The maximum atomic E-state index is 12.0. The average molecular weight is 280 g/mol. The quantitative estimate of drug-likeness (QED) is 0.676. The molecule has 1 aliphatic heterocycles. The van der Waals surface area contributed by atoms with Crippen LogP contribution in [0.4, 0.5) is 4.79 Å². The normalized spacial score (nSPS) is 15.6. The summed E-state index contributed by atoms with van der Waals surface area (Å²) in [4.78, 5) is 51.2.